The summed E-state index contributed by atoms with van der Waals surface area (Å²) in [5, 5.41) is 3.09. The van der Waals surface area contributed by atoms with Crippen molar-refractivity contribution in [2.24, 2.45) is 10.7 Å². The number of ether oxygens (including phenoxy) is 2. The fourth-order valence-electron chi connectivity index (χ4n) is 3.83. The summed E-state index contributed by atoms with van der Waals surface area (Å²) < 4.78 is 12.6. The molecule has 0 aliphatic rings. The smallest absolute Gasteiger partial charge is 0.327 e. The van der Waals surface area contributed by atoms with Gasteiger partial charge in [-0.2, -0.15) is 0 Å². The number of nitrogens with one attached hydrogen (secondary N) is 1. The van der Waals surface area contributed by atoms with Gasteiger partial charge in [0.1, 0.15) is 24.6 Å². The SMILES string of the molecule is CCOC(=O)CN=C(N)NC(=O)Cn1c(-c2ccc(Oc3ccccc3)cc2)ccc1-c1ccccc1Cl. The summed E-state index contributed by atoms with van der Waals surface area (Å²) in [6, 6.07) is 28.4. The summed E-state index contributed by atoms with van der Waals surface area (Å²) in [7, 11) is 0. The predicted molar refractivity (Wildman–Crippen MR) is 148 cm³/mol. The number of nitrogens with two attached hydrogens (primary N) is 1. The summed E-state index contributed by atoms with van der Waals surface area (Å²) in [6.07, 6.45) is 0. The van der Waals surface area contributed by atoms with Crippen LogP contribution in [0.4, 0.5) is 0 Å². The van der Waals surface area contributed by atoms with Gasteiger partial charge in [-0.1, -0.05) is 48.0 Å². The van der Waals surface area contributed by atoms with Gasteiger partial charge < -0.3 is 19.8 Å². The number of esters is 1. The van der Waals surface area contributed by atoms with Gasteiger partial charge in [0, 0.05) is 16.3 Å². The highest BCUT2D eigenvalue weighted by molar-refractivity contribution is 6.33. The van der Waals surface area contributed by atoms with Gasteiger partial charge in [0.05, 0.1) is 12.3 Å². The largest absolute Gasteiger partial charge is 0.465 e. The van der Waals surface area contributed by atoms with Gasteiger partial charge in [-0.05, 0) is 67.1 Å². The first-order chi connectivity index (χ1) is 18.4. The molecular formula is C29H27ClN4O4. The van der Waals surface area contributed by atoms with Gasteiger partial charge in [-0.25, -0.2) is 4.99 Å². The quantitative estimate of drug-likeness (QED) is 0.174. The Labute approximate surface area is 225 Å². The number of benzene rings is 3. The lowest BCUT2D eigenvalue weighted by Gasteiger charge is -2.15. The van der Waals surface area contributed by atoms with Crippen molar-refractivity contribution in [3.05, 3.63) is 96.0 Å². The van der Waals surface area contributed by atoms with Crippen LogP contribution in [-0.2, 0) is 20.9 Å². The van der Waals surface area contributed by atoms with Crippen LogP contribution in [-0.4, -0.2) is 35.6 Å². The van der Waals surface area contributed by atoms with Crippen molar-refractivity contribution in [3.8, 4) is 34.0 Å². The van der Waals surface area contributed by atoms with E-state index in [-0.39, 0.29) is 25.7 Å². The molecule has 1 heterocycles. The van der Waals surface area contributed by atoms with Crippen molar-refractivity contribution in [1.29, 1.82) is 0 Å². The second-order valence-corrected chi connectivity index (χ2v) is 8.57. The number of halogens is 1. The van der Waals surface area contributed by atoms with E-state index < -0.39 is 11.9 Å². The zero-order valence-corrected chi connectivity index (χ0v) is 21.5. The third-order valence-corrected chi connectivity index (χ3v) is 5.84. The van der Waals surface area contributed by atoms with Crippen LogP contribution >= 0.6 is 11.6 Å². The molecule has 1 aromatic heterocycles. The number of carbonyl (C=O) groups is 2. The minimum atomic E-state index is -0.530. The maximum atomic E-state index is 12.9. The zero-order chi connectivity index (χ0) is 26.9. The number of guanidine groups is 1. The lowest BCUT2D eigenvalue weighted by Crippen LogP contribution is -2.39. The van der Waals surface area contributed by atoms with Gasteiger partial charge in [-0.15, -0.1) is 0 Å². The van der Waals surface area contributed by atoms with E-state index in [1.54, 1.807) is 13.0 Å². The molecule has 0 saturated heterocycles. The maximum Gasteiger partial charge on any atom is 0.327 e. The van der Waals surface area contributed by atoms with E-state index in [9.17, 15) is 9.59 Å². The molecule has 0 aliphatic carbocycles. The summed E-state index contributed by atoms with van der Waals surface area (Å²) in [5.41, 5.74) is 9.02. The number of rotatable bonds is 9. The highest BCUT2D eigenvalue weighted by Gasteiger charge is 2.17. The maximum absolute atomic E-state index is 12.9. The van der Waals surface area contributed by atoms with E-state index in [1.165, 1.54) is 0 Å². The molecule has 8 nitrogen and oxygen atoms in total. The molecule has 0 spiro atoms. The van der Waals surface area contributed by atoms with Crippen LogP contribution in [0.1, 0.15) is 6.92 Å². The number of nitrogens with zero attached hydrogens (tertiary/aromatic N) is 2. The van der Waals surface area contributed by atoms with Gasteiger partial charge in [0.2, 0.25) is 5.91 Å². The Bertz CT molecular complexity index is 1430. The van der Waals surface area contributed by atoms with E-state index >= 15 is 0 Å². The Morgan fingerprint density at radius 3 is 2.26 bits per heavy atom. The highest BCUT2D eigenvalue weighted by Crippen LogP contribution is 2.34. The average molecular weight is 531 g/mol. The molecule has 0 fully saturated rings. The number of aromatic nitrogens is 1. The van der Waals surface area contributed by atoms with Crippen LogP contribution in [0.5, 0.6) is 11.5 Å². The summed E-state index contributed by atoms with van der Waals surface area (Å²) in [5.74, 6) is 0.317. The van der Waals surface area contributed by atoms with E-state index in [0.717, 1.165) is 28.3 Å². The number of amides is 1. The predicted octanol–water partition coefficient (Wildman–Crippen LogP) is 5.26. The van der Waals surface area contributed by atoms with Crippen molar-refractivity contribution in [2.75, 3.05) is 13.2 Å². The Kier molecular flexibility index (Phi) is 8.79. The summed E-state index contributed by atoms with van der Waals surface area (Å²) in [6.45, 7) is 1.58. The van der Waals surface area contributed by atoms with Crippen LogP contribution in [0.3, 0.4) is 0 Å². The lowest BCUT2D eigenvalue weighted by molar-refractivity contribution is -0.141. The topological polar surface area (TPSA) is 108 Å². The molecule has 0 bridgehead atoms. The van der Waals surface area contributed by atoms with Gasteiger partial charge in [-0.3, -0.25) is 14.9 Å². The number of hydrogen-bond acceptors (Lipinski definition) is 5. The third kappa shape index (κ3) is 6.80. The van der Waals surface area contributed by atoms with Crippen molar-refractivity contribution >= 4 is 29.4 Å². The van der Waals surface area contributed by atoms with E-state index in [2.05, 4.69) is 10.3 Å². The fraction of sp³-hybridized carbons (Fsp3) is 0.138. The first-order valence-corrected chi connectivity index (χ1v) is 12.4. The van der Waals surface area contributed by atoms with Gasteiger partial charge in [0.25, 0.3) is 0 Å². The molecule has 38 heavy (non-hydrogen) atoms. The molecular weight excluding hydrogens is 504 g/mol. The number of para-hydroxylation sites is 1. The summed E-state index contributed by atoms with van der Waals surface area (Å²) in [4.78, 5) is 28.3. The first kappa shape index (κ1) is 26.5. The monoisotopic (exact) mass is 530 g/mol. The van der Waals surface area contributed by atoms with Crippen molar-refractivity contribution in [3.63, 3.8) is 0 Å². The lowest BCUT2D eigenvalue weighted by atomic mass is 10.1. The van der Waals surface area contributed by atoms with Crippen LogP contribution in [0, 0.1) is 0 Å². The highest BCUT2D eigenvalue weighted by atomic mass is 35.5. The second-order valence-electron chi connectivity index (χ2n) is 8.16. The van der Waals surface area contributed by atoms with E-state index in [4.69, 9.17) is 26.8 Å². The molecule has 0 radical (unpaired) electrons. The third-order valence-electron chi connectivity index (χ3n) is 5.51. The molecule has 3 N–H and O–H groups in total. The number of carbonyl (C=O) groups excluding carboxylic acids is 2. The van der Waals surface area contributed by atoms with E-state index in [1.807, 2.05) is 89.5 Å². The molecule has 0 unspecified atom stereocenters. The molecule has 0 saturated carbocycles. The molecule has 194 valence electrons. The second kappa shape index (κ2) is 12.6. The van der Waals surface area contributed by atoms with Crippen molar-refractivity contribution < 1.29 is 19.1 Å². The molecule has 0 aliphatic heterocycles. The van der Waals surface area contributed by atoms with Crippen LogP contribution in [0.25, 0.3) is 22.5 Å². The Balaban J connectivity index is 1.60. The Hall–Kier alpha value is -4.56. The molecule has 1 amide bonds. The van der Waals surface area contributed by atoms with Crippen LogP contribution < -0.4 is 15.8 Å². The van der Waals surface area contributed by atoms with Crippen LogP contribution in [0.2, 0.25) is 5.02 Å². The molecule has 4 rings (SSSR count). The number of aliphatic imine (C=N–C) groups is 1. The molecule has 9 heteroatoms. The minimum Gasteiger partial charge on any atom is -0.465 e. The average Bonchev–Trinajstić information content (AvgIpc) is 3.32. The van der Waals surface area contributed by atoms with Crippen molar-refractivity contribution in [2.45, 2.75) is 13.5 Å². The molecule has 0 atom stereocenters. The number of hydrogen-bond donors (Lipinski definition) is 2. The zero-order valence-electron chi connectivity index (χ0n) is 20.8. The standard InChI is InChI=1S/C29H27ClN4O4/c1-2-37-28(36)18-32-29(31)33-27(35)19-34-25(16-17-26(34)23-10-6-7-11-24(23)30)20-12-14-22(15-13-20)38-21-8-4-3-5-9-21/h3-17H,2,18-19H2,1H3,(H3,31,32,33,35). The van der Waals surface area contributed by atoms with Gasteiger partial charge >= 0.3 is 5.97 Å². The van der Waals surface area contributed by atoms with Gasteiger partial charge in [0.15, 0.2) is 5.96 Å². The Morgan fingerprint density at radius 2 is 1.55 bits per heavy atom. The summed E-state index contributed by atoms with van der Waals surface area (Å²) >= 11 is 6.49. The normalized spacial score (nSPS) is 11.2. The first-order valence-electron chi connectivity index (χ1n) is 12.0. The molecule has 3 aromatic carbocycles. The molecule has 4 aromatic rings. The van der Waals surface area contributed by atoms with E-state index in [0.29, 0.717) is 10.8 Å². The Morgan fingerprint density at radius 1 is 0.895 bits per heavy atom. The minimum absolute atomic E-state index is 0.0687. The van der Waals surface area contributed by atoms with Crippen LogP contribution in [0.15, 0.2) is 96.0 Å². The fourth-order valence-corrected chi connectivity index (χ4v) is 4.07. The van der Waals surface area contributed by atoms with Crippen molar-refractivity contribution in [1.82, 2.24) is 9.88 Å².